The summed E-state index contributed by atoms with van der Waals surface area (Å²) in [4.78, 5) is 29.7. The molecule has 0 unspecified atom stereocenters. The van der Waals surface area contributed by atoms with Crippen molar-refractivity contribution in [2.45, 2.75) is 24.9 Å². The number of aromatic nitrogens is 3. The first-order valence-corrected chi connectivity index (χ1v) is 7.63. The van der Waals surface area contributed by atoms with Gasteiger partial charge in [0.1, 0.15) is 0 Å². The zero-order chi connectivity index (χ0) is 17.3. The van der Waals surface area contributed by atoms with Gasteiger partial charge in [0.15, 0.2) is 5.82 Å². The molecule has 2 aromatic heterocycles. The van der Waals surface area contributed by atoms with Crippen molar-refractivity contribution in [1.82, 2.24) is 25.0 Å². The van der Waals surface area contributed by atoms with Crippen LogP contribution in [0.2, 0.25) is 0 Å². The monoisotopic (exact) mass is 331 g/mol. The summed E-state index contributed by atoms with van der Waals surface area (Å²) < 4.78 is 15.4. The van der Waals surface area contributed by atoms with Gasteiger partial charge < -0.3 is 10.2 Å². The van der Waals surface area contributed by atoms with Gasteiger partial charge in [0.2, 0.25) is 5.91 Å². The van der Waals surface area contributed by atoms with Crippen LogP contribution in [-0.4, -0.2) is 44.6 Å². The Morgan fingerprint density at radius 3 is 2.79 bits per heavy atom. The van der Waals surface area contributed by atoms with Crippen LogP contribution in [0.15, 0.2) is 30.7 Å². The molecule has 0 bridgehead atoms. The van der Waals surface area contributed by atoms with Crippen molar-refractivity contribution in [2.24, 2.45) is 7.05 Å². The fraction of sp³-hybridized carbons (Fsp3) is 0.375. The summed E-state index contributed by atoms with van der Waals surface area (Å²) in [6, 6.07) is 2.46. The third kappa shape index (κ3) is 2.86. The number of pyridine rings is 1. The van der Waals surface area contributed by atoms with Gasteiger partial charge in [0.05, 0.1) is 29.5 Å². The maximum Gasteiger partial charge on any atom is 0.254 e. The first kappa shape index (κ1) is 16.1. The Hall–Kier alpha value is -2.77. The number of carbonyl (C=O) groups is 2. The first-order valence-electron chi connectivity index (χ1n) is 7.63. The summed E-state index contributed by atoms with van der Waals surface area (Å²) in [6.07, 6.45) is 4.83. The van der Waals surface area contributed by atoms with Crippen LogP contribution >= 0.6 is 0 Å². The average molecular weight is 331 g/mol. The standard InChI is InChI=1S/C16H18FN5O2/c1-21-14(23)4-3-12(15(21)13-6-8-19-22(13)2)20-16(24)10-5-7-18-9-11(10)17/h5-9,12,15H,3-4H2,1-2H3,(H,20,24)/t12-,15-/m1/s1. The van der Waals surface area contributed by atoms with Crippen LogP contribution in [0.1, 0.15) is 34.9 Å². The Bertz CT molecular complexity index is 775. The number of likely N-dealkylation sites (N-methyl/N-ethyl adjacent to an activating group) is 1. The van der Waals surface area contributed by atoms with E-state index in [2.05, 4.69) is 15.4 Å². The number of amides is 2. The first-order chi connectivity index (χ1) is 11.5. The summed E-state index contributed by atoms with van der Waals surface area (Å²) >= 11 is 0. The van der Waals surface area contributed by atoms with Crippen molar-refractivity contribution < 1.29 is 14.0 Å². The van der Waals surface area contributed by atoms with Crippen molar-refractivity contribution in [2.75, 3.05) is 7.05 Å². The number of rotatable bonds is 3. The number of halogens is 1. The molecule has 3 heterocycles. The number of piperidine rings is 1. The molecule has 0 radical (unpaired) electrons. The van der Waals surface area contributed by atoms with Crippen LogP contribution < -0.4 is 5.32 Å². The van der Waals surface area contributed by atoms with Crippen LogP contribution in [0.5, 0.6) is 0 Å². The molecular formula is C16H18FN5O2. The molecule has 0 aromatic carbocycles. The highest BCUT2D eigenvalue weighted by molar-refractivity contribution is 5.94. The van der Waals surface area contributed by atoms with E-state index in [1.807, 2.05) is 6.07 Å². The van der Waals surface area contributed by atoms with Gasteiger partial charge in [-0.05, 0) is 18.6 Å². The molecule has 0 spiro atoms. The van der Waals surface area contributed by atoms with Crippen LogP contribution in [0.3, 0.4) is 0 Å². The summed E-state index contributed by atoms with van der Waals surface area (Å²) in [5.74, 6) is -1.19. The van der Waals surface area contributed by atoms with Crippen LogP contribution in [0, 0.1) is 5.82 Å². The number of likely N-dealkylation sites (tertiary alicyclic amines) is 1. The van der Waals surface area contributed by atoms with Crippen LogP contribution in [-0.2, 0) is 11.8 Å². The maximum atomic E-state index is 13.8. The third-order valence-corrected chi connectivity index (χ3v) is 4.36. The lowest BCUT2D eigenvalue weighted by atomic mass is 9.93. The van der Waals surface area contributed by atoms with Gasteiger partial charge in [0, 0.05) is 32.9 Å². The molecule has 8 heteroatoms. The number of carbonyl (C=O) groups excluding carboxylic acids is 2. The molecule has 1 aliphatic heterocycles. The highest BCUT2D eigenvalue weighted by atomic mass is 19.1. The normalized spacial score (nSPS) is 21.0. The molecule has 3 rings (SSSR count). The second-order valence-corrected chi connectivity index (χ2v) is 5.80. The van der Waals surface area contributed by atoms with Crippen molar-refractivity contribution in [3.05, 3.63) is 47.8 Å². The van der Waals surface area contributed by atoms with E-state index >= 15 is 0 Å². The minimum atomic E-state index is -0.674. The van der Waals surface area contributed by atoms with Gasteiger partial charge in [-0.1, -0.05) is 0 Å². The predicted octanol–water partition coefficient (Wildman–Crippen LogP) is 1.05. The molecular weight excluding hydrogens is 313 g/mol. The smallest absolute Gasteiger partial charge is 0.254 e. The zero-order valence-electron chi connectivity index (χ0n) is 13.4. The Morgan fingerprint density at radius 2 is 2.12 bits per heavy atom. The van der Waals surface area contributed by atoms with Crippen molar-refractivity contribution in [3.63, 3.8) is 0 Å². The Labute approximate surface area is 138 Å². The molecule has 7 nitrogen and oxygen atoms in total. The lowest BCUT2D eigenvalue weighted by molar-refractivity contribution is -0.136. The maximum absolute atomic E-state index is 13.8. The number of hydrogen-bond acceptors (Lipinski definition) is 4. The van der Waals surface area contributed by atoms with E-state index in [1.165, 1.54) is 12.3 Å². The third-order valence-electron chi connectivity index (χ3n) is 4.36. The van der Waals surface area contributed by atoms with E-state index in [9.17, 15) is 14.0 Å². The number of aryl methyl sites for hydroxylation is 1. The van der Waals surface area contributed by atoms with Gasteiger partial charge in [-0.15, -0.1) is 0 Å². The van der Waals surface area contributed by atoms with Crippen molar-refractivity contribution >= 4 is 11.8 Å². The summed E-state index contributed by atoms with van der Waals surface area (Å²) in [7, 11) is 3.48. The zero-order valence-corrected chi connectivity index (χ0v) is 13.4. The van der Waals surface area contributed by atoms with Gasteiger partial charge in [-0.2, -0.15) is 5.10 Å². The lowest BCUT2D eigenvalue weighted by Gasteiger charge is -2.39. The molecule has 0 saturated carbocycles. The minimum absolute atomic E-state index is 0.00166. The van der Waals surface area contributed by atoms with E-state index in [0.29, 0.717) is 12.8 Å². The van der Waals surface area contributed by atoms with Crippen molar-refractivity contribution in [1.29, 1.82) is 0 Å². The highest BCUT2D eigenvalue weighted by Crippen LogP contribution is 2.30. The molecule has 2 aromatic rings. The quantitative estimate of drug-likeness (QED) is 0.911. The Morgan fingerprint density at radius 1 is 1.33 bits per heavy atom. The van der Waals surface area contributed by atoms with E-state index in [0.717, 1.165) is 11.9 Å². The van der Waals surface area contributed by atoms with Crippen molar-refractivity contribution in [3.8, 4) is 0 Å². The molecule has 0 aliphatic carbocycles. The molecule has 24 heavy (non-hydrogen) atoms. The molecule has 1 fully saturated rings. The van der Waals surface area contributed by atoms with E-state index in [4.69, 9.17) is 0 Å². The fourth-order valence-corrected chi connectivity index (χ4v) is 3.07. The van der Waals surface area contributed by atoms with Crippen LogP contribution in [0.4, 0.5) is 4.39 Å². The number of nitrogens with zero attached hydrogens (tertiary/aromatic N) is 4. The molecule has 1 saturated heterocycles. The van der Waals surface area contributed by atoms with Crippen LogP contribution in [0.25, 0.3) is 0 Å². The Kier molecular flexibility index (Phi) is 4.28. The van der Waals surface area contributed by atoms with E-state index < -0.39 is 11.7 Å². The predicted molar refractivity (Wildman–Crippen MR) is 83.4 cm³/mol. The topological polar surface area (TPSA) is 80.1 Å². The number of hydrogen-bond donors (Lipinski definition) is 1. The molecule has 2 atom stereocenters. The lowest BCUT2D eigenvalue weighted by Crippen LogP contribution is -2.51. The summed E-state index contributed by atoms with van der Waals surface area (Å²) in [6.45, 7) is 0. The fourth-order valence-electron chi connectivity index (χ4n) is 3.07. The van der Waals surface area contributed by atoms with E-state index in [1.54, 1.807) is 29.9 Å². The molecule has 2 amide bonds. The molecule has 1 N–H and O–H groups in total. The summed E-state index contributed by atoms with van der Waals surface area (Å²) in [5.41, 5.74) is 0.749. The SMILES string of the molecule is CN1C(=O)CC[C@@H](NC(=O)c2ccncc2F)[C@@H]1c1ccnn1C. The molecule has 1 aliphatic rings. The second-order valence-electron chi connectivity index (χ2n) is 5.80. The van der Waals surface area contributed by atoms with E-state index in [-0.39, 0.29) is 23.6 Å². The second kappa shape index (κ2) is 6.38. The number of nitrogens with one attached hydrogen (secondary N) is 1. The average Bonchev–Trinajstić information content (AvgIpc) is 2.97. The van der Waals surface area contributed by atoms with Gasteiger partial charge in [0.25, 0.3) is 5.91 Å². The van der Waals surface area contributed by atoms with Gasteiger partial charge in [-0.25, -0.2) is 4.39 Å². The van der Waals surface area contributed by atoms with Gasteiger partial charge in [-0.3, -0.25) is 19.3 Å². The molecule has 126 valence electrons. The van der Waals surface area contributed by atoms with Gasteiger partial charge >= 0.3 is 0 Å². The Balaban J connectivity index is 1.88. The summed E-state index contributed by atoms with van der Waals surface area (Å²) in [5, 5.41) is 6.99. The largest absolute Gasteiger partial charge is 0.347 e. The highest BCUT2D eigenvalue weighted by Gasteiger charge is 2.37. The minimum Gasteiger partial charge on any atom is -0.347 e.